The van der Waals surface area contributed by atoms with E-state index in [9.17, 15) is 14.4 Å². The summed E-state index contributed by atoms with van der Waals surface area (Å²) in [5.41, 5.74) is 6.70. The van der Waals surface area contributed by atoms with E-state index in [0.717, 1.165) is 56.4 Å². The molecule has 0 aromatic heterocycles. The molecular formula is C22H30N4O4. The molecule has 1 aromatic carbocycles. The van der Waals surface area contributed by atoms with Crippen LogP contribution in [0.5, 0.6) is 0 Å². The maximum Gasteiger partial charge on any atom is 0.407 e. The summed E-state index contributed by atoms with van der Waals surface area (Å²) >= 11 is 0. The van der Waals surface area contributed by atoms with E-state index in [4.69, 9.17) is 10.5 Å². The molecule has 2 heterocycles. The van der Waals surface area contributed by atoms with Gasteiger partial charge >= 0.3 is 6.09 Å². The second kappa shape index (κ2) is 8.26. The Morgan fingerprint density at radius 1 is 1.23 bits per heavy atom. The Morgan fingerprint density at radius 2 is 1.97 bits per heavy atom. The first-order valence-electron chi connectivity index (χ1n) is 10.8. The van der Waals surface area contributed by atoms with E-state index in [-0.39, 0.29) is 24.6 Å². The number of ether oxygens (including phenoxy) is 1. The highest BCUT2D eigenvalue weighted by Crippen LogP contribution is 2.50. The van der Waals surface area contributed by atoms with Crippen molar-refractivity contribution in [2.45, 2.75) is 56.5 Å². The maximum atomic E-state index is 13.4. The molecular weight excluding hydrogens is 384 g/mol. The van der Waals surface area contributed by atoms with Gasteiger partial charge in [-0.1, -0.05) is 18.2 Å². The van der Waals surface area contributed by atoms with Crippen molar-refractivity contribution < 1.29 is 19.1 Å². The Kier molecular flexibility index (Phi) is 5.69. The maximum absolute atomic E-state index is 13.4. The number of nitrogens with one attached hydrogen (secondary N) is 1. The van der Waals surface area contributed by atoms with Crippen molar-refractivity contribution in [3.8, 4) is 0 Å². The molecule has 3 N–H and O–H groups in total. The fourth-order valence-corrected chi connectivity index (χ4v) is 5.43. The molecule has 30 heavy (non-hydrogen) atoms. The minimum atomic E-state index is -0.551. The fraction of sp³-hybridized carbons (Fsp3) is 0.591. The minimum Gasteiger partial charge on any atom is -0.450 e. The largest absolute Gasteiger partial charge is 0.450 e. The topological polar surface area (TPSA) is 105 Å². The first-order chi connectivity index (χ1) is 14.4. The predicted octanol–water partition coefficient (Wildman–Crippen LogP) is 1.52. The average molecular weight is 415 g/mol. The standard InChI is InChI=1S/C22H30N4O4/c1-2-30-21(29)24-15-9-12-25(13-15)16-7-10-22(11-8-16)17-5-3-4-6-18(17)26(20(22)28)14-19(23)27/h3-6,15-16H,2,7-14H2,1H3,(H2,23,27)(H,24,29)/t15-,16?,22?/m0/s1. The molecule has 0 unspecified atom stereocenters. The number of anilines is 1. The lowest BCUT2D eigenvalue weighted by Crippen LogP contribution is -2.48. The second-order valence-electron chi connectivity index (χ2n) is 8.53. The van der Waals surface area contributed by atoms with Crippen molar-refractivity contribution >= 4 is 23.6 Å². The number of primary amides is 1. The molecule has 3 amide bonds. The highest BCUT2D eigenvalue weighted by atomic mass is 16.5. The summed E-state index contributed by atoms with van der Waals surface area (Å²) in [4.78, 5) is 40.6. The number of rotatable bonds is 5. The van der Waals surface area contributed by atoms with Gasteiger partial charge in [0.1, 0.15) is 6.54 Å². The van der Waals surface area contributed by atoms with Gasteiger partial charge in [0.15, 0.2) is 0 Å². The zero-order chi connectivity index (χ0) is 21.3. The average Bonchev–Trinajstić information content (AvgIpc) is 3.27. The smallest absolute Gasteiger partial charge is 0.407 e. The van der Waals surface area contributed by atoms with Gasteiger partial charge in [0.25, 0.3) is 0 Å². The third-order valence-electron chi connectivity index (χ3n) is 6.82. The van der Waals surface area contributed by atoms with Crippen LogP contribution in [0.15, 0.2) is 24.3 Å². The molecule has 3 aliphatic rings. The van der Waals surface area contributed by atoms with E-state index in [1.165, 1.54) is 0 Å². The van der Waals surface area contributed by atoms with Gasteiger partial charge in [0.05, 0.1) is 12.0 Å². The Bertz CT molecular complexity index is 834. The number of hydrogen-bond acceptors (Lipinski definition) is 5. The Labute approximate surface area is 176 Å². The SMILES string of the molecule is CCOC(=O)N[C@H]1CCN(C2CCC3(CC2)C(=O)N(CC(N)=O)c2ccccc23)C1. The van der Waals surface area contributed by atoms with E-state index in [1.54, 1.807) is 11.8 Å². The third kappa shape index (κ3) is 3.64. The first-order valence-corrected chi connectivity index (χ1v) is 10.8. The number of amides is 3. The predicted molar refractivity (Wildman–Crippen MR) is 112 cm³/mol. The molecule has 1 aliphatic carbocycles. The van der Waals surface area contributed by atoms with E-state index >= 15 is 0 Å². The van der Waals surface area contributed by atoms with Crippen molar-refractivity contribution in [1.29, 1.82) is 0 Å². The van der Waals surface area contributed by atoms with Gasteiger partial charge in [-0.15, -0.1) is 0 Å². The summed E-state index contributed by atoms with van der Waals surface area (Å²) in [5.74, 6) is -0.495. The summed E-state index contributed by atoms with van der Waals surface area (Å²) in [5, 5.41) is 2.93. The lowest BCUT2D eigenvalue weighted by Gasteiger charge is -2.40. The molecule has 1 saturated carbocycles. The summed E-state index contributed by atoms with van der Waals surface area (Å²) in [6.07, 6.45) is 3.90. The van der Waals surface area contributed by atoms with Crippen molar-refractivity contribution in [2.75, 3.05) is 31.1 Å². The molecule has 2 aliphatic heterocycles. The summed E-state index contributed by atoms with van der Waals surface area (Å²) in [6.45, 7) is 3.84. The number of alkyl carbamates (subject to hydrolysis) is 1. The number of nitrogens with zero attached hydrogens (tertiary/aromatic N) is 2. The molecule has 0 radical (unpaired) electrons. The molecule has 162 valence electrons. The molecule has 8 nitrogen and oxygen atoms in total. The van der Waals surface area contributed by atoms with Gasteiger partial charge < -0.3 is 20.7 Å². The van der Waals surface area contributed by atoms with E-state index in [0.29, 0.717) is 12.6 Å². The van der Waals surface area contributed by atoms with E-state index in [1.807, 2.05) is 24.3 Å². The van der Waals surface area contributed by atoms with Crippen LogP contribution in [0.2, 0.25) is 0 Å². The monoisotopic (exact) mass is 414 g/mol. The summed E-state index contributed by atoms with van der Waals surface area (Å²) < 4.78 is 4.99. The Balaban J connectivity index is 1.42. The quantitative estimate of drug-likeness (QED) is 0.760. The van der Waals surface area contributed by atoms with Crippen LogP contribution in [0.4, 0.5) is 10.5 Å². The van der Waals surface area contributed by atoms with Crippen LogP contribution in [0, 0.1) is 0 Å². The van der Waals surface area contributed by atoms with Crippen LogP contribution >= 0.6 is 0 Å². The Hall–Kier alpha value is -2.61. The third-order valence-corrected chi connectivity index (χ3v) is 6.82. The summed E-state index contributed by atoms with van der Waals surface area (Å²) in [7, 11) is 0. The number of hydrogen-bond donors (Lipinski definition) is 2. The van der Waals surface area contributed by atoms with Crippen molar-refractivity contribution in [3.63, 3.8) is 0 Å². The number of fused-ring (bicyclic) bond motifs is 2. The minimum absolute atomic E-state index is 0.00391. The number of nitrogens with two attached hydrogens (primary N) is 1. The molecule has 1 aromatic rings. The zero-order valence-electron chi connectivity index (χ0n) is 17.4. The molecule has 1 spiro atoms. The highest BCUT2D eigenvalue weighted by Gasteiger charge is 2.52. The van der Waals surface area contributed by atoms with Crippen LogP contribution in [-0.4, -0.2) is 61.1 Å². The molecule has 4 rings (SSSR count). The van der Waals surface area contributed by atoms with Gasteiger partial charge in [0, 0.05) is 30.9 Å². The second-order valence-corrected chi connectivity index (χ2v) is 8.53. The number of benzene rings is 1. The zero-order valence-corrected chi connectivity index (χ0v) is 17.4. The Morgan fingerprint density at radius 3 is 2.67 bits per heavy atom. The van der Waals surface area contributed by atoms with Crippen molar-refractivity contribution in [2.24, 2.45) is 5.73 Å². The van der Waals surface area contributed by atoms with Gasteiger partial charge in [-0.3, -0.25) is 14.5 Å². The fourth-order valence-electron chi connectivity index (χ4n) is 5.43. The van der Waals surface area contributed by atoms with Crippen LogP contribution in [0.3, 0.4) is 0 Å². The van der Waals surface area contributed by atoms with E-state index in [2.05, 4.69) is 10.2 Å². The molecule has 1 atom stereocenters. The van der Waals surface area contributed by atoms with E-state index < -0.39 is 11.3 Å². The number of carbonyl (C=O) groups is 3. The van der Waals surface area contributed by atoms with Gasteiger partial charge in [-0.2, -0.15) is 0 Å². The number of carbonyl (C=O) groups excluding carboxylic acids is 3. The van der Waals surface area contributed by atoms with Crippen LogP contribution in [0.25, 0.3) is 0 Å². The summed E-state index contributed by atoms with van der Waals surface area (Å²) in [6, 6.07) is 8.29. The lowest BCUT2D eigenvalue weighted by molar-refractivity contribution is -0.126. The van der Waals surface area contributed by atoms with Crippen LogP contribution in [0.1, 0.15) is 44.6 Å². The molecule has 0 bridgehead atoms. The number of para-hydroxylation sites is 1. The normalized spacial score (nSPS) is 28.6. The first kappa shape index (κ1) is 20.7. The molecule has 2 fully saturated rings. The number of likely N-dealkylation sites (tertiary alicyclic amines) is 1. The molecule has 1 saturated heterocycles. The highest BCUT2D eigenvalue weighted by molar-refractivity contribution is 6.10. The van der Waals surface area contributed by atoms with Crippen LogP contribution < -0.4 is 16.0 Å². The van der Waals surface area contributed by atoms with Crippen LogP contribution in [-0.2, 0) is 19.7 Å². The van der Waals surface area contributed by atoms with Crippen molar-refractivity contribution in [3.05, 3.63) is 29.8 Å². The lowest BCUT2D eigenvalue weighted by atomic mass is 9.68. The molecule has 8 heteroatoms. The van der Waals surface area contributed by atoms with Gasteiger partial charge in [-0.25, -0.2) is 4.79 Å². The van der Waals surface area contributed by atoms with Crippen molar-refractivity contribution in [1.82, 2.24) is 10.2 Å². The van der Waals surface area contributed by atoms with Gasteiger partial charge in [-0.05, 0) is 50.7 Å². The van der Waals surface area contributed by atoms with Gasteiger partial charge in [0.2, 0.25) is 11.8 Å².